The van der Waals surface area contributed by atoms with E-state index < -0.39 is 5.97 Å². The van der Waals surface area contributed by atoms with Crippen LogP contribution in [0.25, 0.3) is 0 Å². The quantitative estimate of drug-likeness (QED) is 0.665. The highest BCUT2D eigenvalue weighted by Gasteiger charge is 2.22. The van der Waals surface area contributed by atoms with Crippen LogP contribution in [0.3, 0.4) is 0 Å². The molecule has 1 heterocycles. The fraction of sp³-hybridized carbons (Fsp3) is 0.438. The molecule has 1 aromatic carbocycles. The standard InChI is InChI=1S/C16H21N3O4/c1-11-4-6-12(7-5-11)14-9-13(23-19-14)10-18-16(22)17-8-2-3-15(20)21/h4-7,13H,2-3,8-10H2,1H3,(H,20,21)(H2,17,18,22). The molecule has 1 aromatic rings. The summed E-state index contributed by atoms with van der Waals surface area (Å²) in [4.78, 5) is 27.2. The zero-order valence-corrected chi connectivity index (χ0v) is 13.0. The molecule has 23 heavy (non-hydrogen) atoms. The maximum atomic E-state index is 11.6. The summed E-state index contributed by atoms with van der Waals surface area (Å²) < 4.78 is 0. The summed E-state index contributed by atoms with van der Waals surface area (Å²) in [6.07, 6.45) is 0.905. The molecule has 0 radical (unpaired) electrons. The Morgan fingerprint density at radius 1 is 1.30 bits per heavy atom. The van der Waals surface area contributed by atoms with Crippen LogP contribution in [-0.4, -0.2) is 42.0 Å². The van der Waals surface area contributed by atoms with Crippen LogP contribution in [0.1, 0.15) is 30.4 Å². The van der Waals surface area contributed by atoms with Crippen molar-refractivity contribution in [2.75, 3.05) is 13.1 Å². The zero-order valence-electron chi connectivity index (χ0n) is 13.0. The van der Waals surface area contributed by atoms with Crippen molar-refractivity contribution in [2.45, 2.75) is 32.3 Å². The lowest BCUT2D eigenvalue weighted by Crippen LogP contribution is -2.40. The number of hydrogen-bond acceptors (Lipinski definition) is 4. The minimum Gasteiger partial charge on any atom is -0.481 e. The van der Waals surface area contributed by atoms with Gasteiger partial charge in [0.1, 0.15) is 0 Å². The largest absolute Gasteiger partial charge is 0.481 e. The average Bonchev–Trinajstić information content (AvgIpc) is 2.99. The van der Waals surface area contributed by atoms with Crippen LogP contribution < -0.4 is 10.6 Å². The lowest BCUT2D eigenvalue weighted by molar-refractivity contribution is -0.137. The van der Waals surface area contributed by atoms with Gasteiger partial charge < -0.3 is 20.6 Å². The number of carbonyl (C=O) groups is 2. The van der Waals surface area contributed by atoms with Crippen molar-refractivity contribution in [2.24, 2.45) is 5.16 Å². The van der Waals surface area contributed by atoms with E-state index in [0.717, 1.165) is 11.3 Å². The molecule has 0 aliphatic carbocycles. The number of carbonyl (C=O) groups excluding carboxylic acids is 1. The molecule has 7 nitrogen and oxygen atoms in total. The second kappa shape index (κ2) is 8.17. The maximum absolute atomic E-state index is 11.6. The van der Waals surface area contributed by atoms with Crippen molar-refractivity contribution in [1.82, 2.24) is 10.6 Å². The minimum absolute atomic E-state index is 0.0414. The van der Waals surface area contributed by atoms with Gasteiger partial charge in [0, 0.05) is 19.4 Å². The van der Waals surface area contributed by atoms with E-state index in [9.17, 15) is 9.59 Å². The molecule has 1 aliphatic rings. The number of oxime groups is 1. The van der Waals surface area contributed by atoms with Crippen molar-refractivity contribution in [3.63, 3.8) is 0 Å². The van der Waals surface area contributed by atoms with Gasteiger partial charge >= 0.3 is 12.0 Å². The Kier molecular flexibility index (Phi) is 5.96. The molecule has 0 saturated heterocycles. The van der Waals surface area contributed by atoms with Crippen LogP contribution in [0, 0.1) is 6.92 Å². The van der Waals surface area contributed by atoms with Crippen LogP contribution in [0.2, 0.25) is 0 Å². The Bertz CT molecular complexity index is 583. The number of urea groups is 1. The van der Waals surface area contributed by atoms with Crippen molar-refractivity contribution < 1.29 is 19.5 Å². The van der Waals surface area contributed by atoms with Crippen molar-refractivity contribution >= 4 is 17.7 Å². The van der Waals surface area contributed by atoms with Gasteiger partial charge in [-0.2, -0.15) is 0 Å². The Morgan fingerprint density at radius 3 is 2.74 bits per heavy atom. The van der Waals surface area contributed by atoms with Gasteiger partial charge in [-0.25, -0.2) is 4.79 Å². The normalized spacial score (nSPS) is 16.4. The lowest BCUT2D eigenvalue weighted by Gasteiger charge is -2.10. The van der Waals surface area contributed by atoms with Gasteiger partial charge in [-0.05, 0) is 18.9 Å². The van der Waals surface area contributed by atoms with E-state index in [1.165, 1.54) is 5.56 Å². The van der Waals surface area contributed by atoms with E-state index >= 15 is 0 Å². The molecular weight excluding hydrogens is 298 g/mol. The molecule has 0 spiro atoms. The van der Waals surface area contributed by atoms with E-state index in [1.54, 1.807) is 0 Å². The smallest absolute Gasteiger partial charge is 0.314 e. The molecule has 0 fully saturated rings. The molecule has 1 unspecified atom stereocenters. The Labute approximate surface area is 134 Å². The van der Waals surface area contributed by atoms with Gasteiger partial charge in [-0.15, -0.1) is 0 Å². The van der Waals surface area contributed by atoms with Gasteiger partial charge in [0.2, 0.25) is 0 Å². The molecule has 3 N–H and O–H groups in total. The highest BCUT2D eigenvalue weighted by atomic mass is 16.6. The third-order valence-corrected chi connectivity index (χ3v) is 3.46. The van der Waals surface area contributed by atoms with Crippen molar-refractivity contribution in [3.8, 4) is 0 Å². The number of amides is 2. The van der Waals surface area contributed by atoms with E-state index in [-0.39, 0.29) is 18.6 Å². The van der Waals surface area contributed by atoms with Crippen molar-refractivity contribution in [3.05, 3.63) is 35.4 Å². The third-order valence-electron chi connectivity index (χ3n) is 3.46. The van der Waals surface area contributed by atoms with Gasteiger partial charge in [-0.3, -0.25) is 4.79 Å². The van der Waals surface area contributed by atoms with Gasteiger partial charge in [0.15, 0.2) is 6.10 Å². The highest BCUT2D eigenvalue weighted by Crippen LogP contribution is 2.16. The van der Waals surface area contributed by atoms with E-state index in [0.29, 0.717) is 25.9 Å². The zero-order chi connectivity index (χ0) is 16.7. The maximum Gasteiger partial charge on any atom is 0.314 e. The van der Waals surface area contributed by atoms with Crippen molar-refractivity contribution in [1.29, 1.82) is 0 Å². The summed E-state index contributed by atoms with van der Waals surface area (Å²) in [6.45, 7) is 2.71. The molecule has 0 bridgehead atoms. The number of rotatable bonds is 7. The Hall–Kier alpha value is -2.57. The summed E-state index contributed by atoms with van der Waals surface area (Å²) in [5.74, 6) is -0.868. The summed E-state index contributed by atoms with van der Waals surface area (Å²) >= 11 is 0. The lowest BCUT2D eigenvalue weighted by atomic mass is 10.0. The van der Waals surface area contributed by atoms with E-state index in [1.807, 2.05) is 31.2 Å². The molecule has 2 rings (SSSR count). The number of aliphatic carboxylic acids is 1. The third kappa shape index (κ3) is 5.61. The molecule has 1 aliphatic heterocycles. The second-order valence-corrected chi connectivity index (χ2v) is 5.47. The first kappa shape index (κ1) is 16.8. The predicted molar refractivity (Wildman–Crippen MR) is 85.5 cm³/mol. The number of aryl methyl sites for hydroxylation is 1. The number of carboxylic acid groups (broad SMARTS) is 1. The number of carboxylic acids is 1. The number of benzene rings is 1. The summed E-state index contributed by atoms with van der Waals surface area (Å²) in [7, 11) is 0. The van der Waals surface area contributed by atoms with Crippen LogP contribution >= 0.6 is 0 Å². The molecule has 1 atom stereocenters. The molecule has 0 aromatic heterocycles. The highest BCUT2D eigenvalue weighted by molar-refractivity contribution is 6.01. The topological polar surface area (TPSA) is 100 Å². The Balaban J connectivity index is 1.65. The SMILES string of the molecule is Cc1ccc(C2=NOC(CNC(=O)NCCCC(=O)O)C2)cc1. The summed E-state index contributed by atoms with van der Waals surface area (Å²) in [6, 6.07) is 7.72. The fourth-order valence-electron chi connectivity index (χ4n) is 2.16. The van der Waals surface area contributed by atoms with E-state index in [4.69, 9.17) is 9.94 Å². The number of nitrogens with zero attached hydrogens (tertiary/aromatic N) is 1. The van der Waals surface area contributed by atoms with Gasteiger partial charge in [0.05, 0.1) is 12.3 Å². The Morgan fingerprint density at radius 2 is 2.04 bits per heavy atom. The summed E-state index contributed by atoms with van der Waals surface area (Å²) in [5, 5.41) is 17.9. The first-order valence-corrected chi connectivity index (χ1v) is 7.58. The molecule has 0 saturated carbocycles. The fourth-order valence-corrected chi connectivity index (χ4v) is 2.16. The molecule has 124 valence electrons. The van der Waals surface area contributed by atoms with Crippen LogP contribution in [0.4, 0.5) is 4.79 Å². The first-order valence-electron chi connectivity index (χ1n) is 7.58. The molecule has 7 heteroatoms. The summed E-state index contributed by atoms with van der Waals surface area (Å²) in [5.41, 5.74) is 3.08. The predicted octanol–water partition coefficient (Wildman–Crippen LogP) is 1.65. The van der Waals surface area contributed by atoms with Crippen LogP contribution in [0.5, 0.6) is 0 Å². The number of hydrogen-bond donors (Lipinski definition) is 3. The monoisotopic (exact) mass is 319 g/mol. The molecule has 2 amide bonds. The van der Waals surface area contributed by atoms with E-state index in [2.05, 4.69) is 15.8 Å². The number of nitrogens with one attached hydrogen (secondary N) is 2. The average molecular weight is 319 g/mol. The minimum atomic E-state index is -0.868. The van der Waals surface area contributed by atoms with Crippen LogP contribution in [0.15, 0.2) is 29.4 Å². The van der Waals surface area contributed by atoms with Gasteiger partial charge in [-0.1, -0.05) is 35.0 Å². The van der Waals surface area contributed by atoms with Gasteiger partial charge in [0.25, 0.3) is 0 Å². The molecular formula is C16H21N3O4. The second-order valence-electron chi connectivity index (χ2n) is 5.47. The first-order chi connectivity index (χ1) is 11.0. The van der Waals surface area contributed by atoms with Crippen LogP contribution in [-0.2, 0) is 9.63 Å².